The standard InChI is InChI=1S/C24H26N4O5S/c1-14-9-19(15(2)28(14)17-7-8-34(32,33)13-17)22(29)12-27-23(30)21(26-24(27)31)10-16-11-25-20-6-4-3-5-18(16)20/h3-6,9,11,17,21,25H,7-8,10,12-13H2,1-2H3,(H,26,31)/t17-,21+/m0/s1. The molecule has 2 saturated heterocycles. The molecule has 2 N–H and O–H groups in total. The quantitative estimate of drug-likeness (QED) is 0.412. The number of carbonyl (C=O) groups excluding carboxylic acids is 3. The van der Waals surface area contributed by atoms with Gasteiger partial charge in [-0.05, 0) is 38.0 Å². The largest absolute Gasteiger partial charge is 0.361 e. The lowest BCUT2D eigenvalue weighted by atomic mass is 10.0. The number of nitrogens with one attached hydrogen (secondary N) is 2. The molecule has 0 saturated carbocycles. The number of sulfone groups is 1. The van der Waals surface area contributed by atoms with E-state index in [9.17, 15) is 22.8 Å². The lowest BCUT2D eigenvalue weighted by Crippen LogP contribution is -2.36. The van der Waals surface area contributed by atoms with Crippen LogP contribution < -0.4 is 5.32 Å². The van der Waals surface area contributed by atoms with Crippen molar-refractivity contribution in [2.75, 3.05) is 18.1 Å². The van der Waals surface area contributed by atoms with Crippen LogP contribution in [0.2, 0.25) is 0 Å². The number of rotatable bonds is 6. The summed E-state index contributed by atoms with van der Waals surface area (Å²) in [7, 11) is -3.08. The zero-order valence-corrected chi connectivity index (χ0v) is 19.8. The number of nitrogens with zero attached hydrogens (tertiary/aromatic N) is 2. The molecule has 34 heavy (non-hydrogen) atoms. The average molecular weight is 483 g/mol. The number of ketones is 1. The molecule has 0 radical (unpaired) electrons. The van der Waals surface area contributed by atoms with Crippen LogP contribution in [0, 0.1) is 13.8 Å². The lowest BCUT2D eigenvalue weighted by molar-refractivity contribution is -0.127. The Bertz CT molecular complexity index is 1430. The minimum atomic E-state index is -3.08. The van der Waals surface area contributed by atoms with Gasteiger partial charge in [0.2, 0.25) is 0 Å². The van der Waals surface area contributed by atoms with Gasteiger partial charge in [0.15, 0.2) is 15.6 Å². The Morgan fingerprint density at radius 2 is 1.94 bits per heavy atom. The Kier molecular flexibility index (Phi) is 5.35. The van der Waals surface area contributed by atoms with Gasteiger partial charge in [0.1, 0.15) is 6.04 Å². The molecule has 2 atom stereocenters. The molecule has 10 heteroatoms. The molecule has 4 heterocycles. The van der Waals surface area contributed by atoms with E-state index in [1.807, 2.05) is 42.0 Å². The Balaban J connectivity index is 1.32. The molecule has 2 fully saturated rings. The van der Waals surface area contributed by atoms with Gasteiger partial charge in [-0.1, -0.05) is 18.2 Å². The number of fused-ring (bicyclic) bond motifs is 1. The fraction of sp³-hybridized carbons (Fsp3) is 0.375. The molecule has 0 aliphatic carbocycles. The van der Waals surface area contributed by atoms with Crippen LogP contribution in [0.3, 0.4) is 0 Å². The molecule has 3 amide bonds. The fourth-order valence-corrected chi connectivity index (χ4v) is 6.91. The number of hydrogen-bond acceptors (Lipinski definition) is 5. The third-order valence-corrected chi connectivity index (χ3v) is 8.62. The van der Waals surface area contributed by atoms with Crippen molar-refractivity contribution in [3.63, 3.8) is 0 Å². The van der Waals surface area contributed by atoms with E-state index in [1.54, 1.807) is 13.0 Å². The summed E-state index contributed by atoms with van der Waals surface area (Å²) in [4.78, 5) is 42.8. The van der Waals surface area contributed by atoms with Gasteiger partial charge in [-0.15, -0.1) is 0 Å². The summed E-state index contributed by atoms with van der Waals surface area (Å²) >= 11 is 0. The third-order valence-electron chi connectivity index (χ3n) is 6.87. The third kappa shape index (κ3) is 3.81. The number of aromatic nitrogens is 2. The van der Waals surface area contributed by atoms with Crippen LogP contribution in [0.25, 0.3) is 10.9 Å². The first-order valence-corrected chi connectivity index (χ1v) is 13.1. The minimum Gasteiger partial charge on any atom is -0.361 e. The highest BCUT2D eigenvalue weighted by Gasteiger charge is 2.40. The van der Waals surface area contributed by atoms with Gasteiger partial charge in [-0.3, -0.25) is 14.5 Å². The summed E-state index contributed by atoms with van der Waals surface area (Å²) < 4.78 is 25.7. The number of aryl methyl sites for hydroxylation is 1. The predicted octanol–water partition coefficient (Wildman–Crippen LogP) is 2.29. The van der Waals surface area contributed by atoms with E-state index in [-0.39, 0.29) is 29.9 Å². The van der Waals surface area contributed by atoms with E-state index in [4.69, 9.17) is 0 Å². The summed E-state index contributed by atoms with van der Waals surface area (Å²) in [6.07, 6.45) is 2.66. The van der Waals surface area contributed by atoms with Crippen LogP contribution in [-0.4, -0.2) is 64.7 Å². The Morgan fingerprint density at radius 3 is 2.68 bits per heavy atom. The molecular formula is C24H26N4O5S. The van der Waals surface area contributed by atoms with E-state index in [0.717, 1.165) is 27.1 Å². The highest BCUT2D eigenvalue weighted by atomic mass is 32.2. The molecule has 2 aliphatic rings. The molecule has 178 valence electrons. The zero-order chi connectivity index (χ0) is 24.2. The first-order valence-electron chi connectivity index (χ1n) is 11.2. The van der Waals surface area contributed by atoms with Crippen molar-refractivity contribution in [2.45, 2.75) is 38.8 Å². The highest BCUT2D eigenvalue weighted by molar-refractivity contribution is 7.91. The maximum Gasteiger partial charge on any atom is 0.325 e. The van der Waals surface area contributed by atoms with Crippen molar-refractivity contribution < 1.29 is 22.8 Å². The molecule has 5 rings (SSSR count). The average Bonchev–Trinajstić information content (AvgIpc) is 3.50. The Morgan fingerprint density at radius 1 is 1.18 bits per heavy atom. The molecule has 0 unspecified atom stereocenters. The van der Waals surface area contributed by atoms with Gasteiger partial charge in [-0.25, -0.2) is 13.2 Å². The SMILES string of the molecule is Cc1cc(C(=O)CN2C(=O)N[C@H](Cc3c[nH]c4ccccc34)C2=O)c(C)n1[C@H]1CCS(=O)(=O)C1. The molecule has 0 bridgehead atoms. The number of hydrogen-bond donors (Lipinski definition) is 2. The number of para-hydroxylation sites is 1. The second kappa shape index (κ2) is 8.12. The second-order valence-corrected chi connectivity index (χ2v) is 11.4. The summed E-state index contributed by atoms with van der Waals surface area (Å²) in [5.74, 6) is -0.589. The number of aromatic amines is 1. The van der Waals surface area contributed by atoms with Crippen molar-refractivity contribution in [3.05, 3.63) is 59.0 Å². The van der Waals surface area contributed by atoms with Crippen LogP contribution in [0.4, 0.5) is 4.79 Å². The van der Waals surface area contributed by atoms with Crippen molar-refractivity contribution in [1.82, 2.24) is 19.8 Å². The van der Waals surface area contributed by atoms with Crippen LogP contribution >= 0.6 is 0 Å². The topological polar surface area (TPSA) is 121 Å². The summed E-state index contributed by atoms with van der Waals surface area (Å²) in [5, 5.41) is 3.68. The molecule has 3 aromatic rings. The smallest absolute Gasteiger partial charge is 0.325 e. The maximum absolute atomic E-state index is 13.1. The zero-order valence-electron chi connectivity index (χ0n) is 19.0. The highest BCUT2D eigenvalue weighted by Crippen LogP contribution is 2.29. The Labute approximate surface area is 197 Å². The molecule has 2 aliphatic heterocycles. The van der Waals surface area contributed by atoms with E-state index in [2.05, 4.69) is 10.3 Å². The van der Waals surface area contributed by atoms with Crippen LogP contribution in [0.1, 0.15) is 39.8 Å². The molecule has 1 aromatic carbocycles. The number of imide groups is 1. The van der Waals surface area contributed by atoms with E-state index in [1.165, 1.54) is 0 Å². The van der Waals surface area contributed by atoms with Gasteiger partial charge in [0.25, 0.3) is 5.91 Å². The summed E-state index contributed by atoms with van der Waals surface area (Å²) in [6, 6.07) is 7.91. The number of urea groups is 1. The van der Waals surface area contributed by atoms with Crippen LogP contribution in [-0.2, 0) is 21.1 Å². The van der Waals surface area contributed by atoms with Gasteiger partial charge < -0.3 is 14.9 Å². The van der Waals surface area contributed by atoms with Gasteiger partial charge >= 0.3 is 6.03 Å². The van der Waals surface area contributed by atoms with Gasteiger partial charge in [0.05, 0.1) is 18.1 Å². The molecule has 9 nitrogen and oxygen atoms in total. The maximum atomic E-state index is 13.1. The Hall–Kier alpha value is -3.40. The molecule has 0 spiro atoms. The summed E-state index contributed by atoms with van der Waals surface area (Å²) in [5.41, 5.74) is 3.72. The molecular weight excluding hydrogens is 456 g/mol. The van der Waals surface area contributed by atoms with Crippen molar-refractivity contribution in [2.24, 2.45) is 0 Å². The van der Waals surface area contributed by atoms with Crippen LogP contribution in [0.5, 0.6) is 0 Å². The number of H-pyrrole nitrogens is 1. The first kappa shape index (κ1) is 22.4. The fourth-order valence-electron chi connectivity index (χ4n) is 5.21. The van der Waals surface area contributed by atoms with E-state index in [0.29, 0.717) is 24.1 Å². The number of amides is 3. The number of carbonyl (C=O) groups is 3. The van der Waals surface area contributed by atoms with E-state index >= 15 is 0 Å². The van der Waals surface area contributed by atoms with Crippen molar-refractivity contribution in [3.8, 4) is 0 Å². The normalized spacial score (nSPS) is 22.0. The van der Waals surface area contributed by atoms with Gasteiger partial charge in [-0.2, -0.15) is 0 Å². The summed E-state index contributed by atoms with van der Waals surface area (Å²) in [6.45, 7) is 3.25. The number of Topliss-reactive ketones (excluding diaryl/α,β-unsaturated/α-hetero) is 1. The van der Waals surface area contributed by atoms with Gasteiger partial charge in [0, 0.05) is 46.5 Å². The minimum absolute atomic E-state index is 0.0551. The predicted molar refractivity (Wildman–Crippen MR) is 127 cm³/mol. The van der Waals surface area contributed by atoms with Crippen molar-refractivity contribution >= 4 is 38.5 Å². The van der Waals surface area contributed by atoms with Crippen LogP contribution in [0.15, 0.2) is 36.5 Å². The first-order chi connectivity index (χ1) is 16.1. The van der Waals surface area contributed by atoms with E-state index < -0.39 is 27.8 Å². The number of benzene rings is 1. The molecule has 2 aromatic heterocycles. The lowest BCUT2D eigenvalue weighted by Gasteiger charge is -2.16. The second-order valence-electron chi connectivity index (χ2n) is 9.12. The monoisotopic (exact) mass is 482 g/mol. The van der Waals surface area contributed by atoms with Crippen molar-refractivity contribution in [1.29, 1.82) is 0 Å².